The minimum absolute atomic E-state index is 0.0876. The fourth-order valence-electron chi connectivity index (χ4n) is 1.97. The highest BCUT2D eigenvalue weighted by Gasteiger charge is 2.27. The van der Waals surface area contributed by atoms with Crippen LogP contribution in [0.3, 0.4) is 0 Å². The Bertz CT molecular complexity index is 452. The summed E-state index contributed by atoms with van der Waals surface area (Å²) in [6.45, 7) is 0.217. The number of halogens is 3. The number of ether oxygens (including phenoxy) is 2. The van der Waals surface area contributed by atoms with E-state index in [1.165, 1.54) is 7.11 Å². The van der Waals surface area contributed by atoms with E-state index in [1.54, 1.807) is 37.3 Å². The van der Waals surface area contributed by atoms with E-state index < -0.39 is 18.6 Å². The number of alkyl halides is 3. The molecule has 0 amide bonds. The molecule has 21 heavy (non-hydrogen) atoms. The van der Waals surface area contributed by atoms with Crippen LogP contribution in [0.2, 0.25) is 0 Å². The van der Waals surface area contributed by atoms with Crippen molar-refractivity contribution in [3.05, 3.63) is 23.8 Å². The van der Waals surface area contributed by atoms with Crippen molar-refractivity contribution < 1.29 is 22.6 Å². The lowest BCUT2D eigenvalue weighted by atomic mass is 10.1. The lowest BCUT2D eigenvalue weighted by Gasteiger charge is -2.23. The van der Waals surface area contributed by atoms with Crippen molar-refractivity contribution in [2.45, 2.75) is 18.6 Å². The van der Waals surface area contributed by atoms with Gasteiger partial charge in [0, 0.05) is 30.8 Å². The Morgan fingerprint density at radius 1 is 1.24 bits per heavy atom. The zero-order chi connectivity index (χ0) is 16.0. The zero-order valence-corrected chi connectivity index (χ0v) is 12.4. The van der Waals surface area contributed by atoms with Gasteiger partial charge in [0.05, 0.1) is 20.6 Å². The van der Waals surface area contributed by atoms with Gasteiger partial charge in [-0.25, -0.2) is 0 Å². The Hall–Kier alpha value is -1.47. The highest BCUT2D eigenvalue weighted by molar-refractivity contribution is 5.42. The normalized spacial score (nSPS) is 13.3. The Morgan fingerprint density at radius 2 is 1.90 bits per heavy atom. The molecule has 120 valence electrons. The van der Waals surface area contributed by atoms with E-state index in [4.69, 9.17) is 15.2 Å². The Labute approximate surface area is 122 Å². The van der Waals surface area contributed by atoms with Gasteiger partial charge in [-0.15, -0.1) is 0 Å². The number of nitrogens with zero attached hydrogens (tertiary/aromatic N) is 1. The molecular weight excluding hydrogens is 285 g/mol. The molecule has 7 heteroatoms. The molecule has 1 rings (SSSR count). The third-order valence-corrected chi connectivity index (χ3v) is 3.13. The average Bonchev–Trinajstić information content (AvgIpc) is 2.43. The van der Waals surface area contributed by atoms with Crippen LogP contribution in [-0.2, 0) is 0 Å². The minimum atomic E-state index is -4.16. The van der Waals surface area contributed by atoms with Gasteiger partial charge < -0.3 is 20.1 Å². The lowest BCUT2D eigenvalue weighted by Crippen LogP contribution is -2.32. The van der Waals surface area contributed by atoms with Crippen LogP contribution in [0, 0.1) is 0 Å². The summed E-state index contributed by atoms with van der Waals surface area (Å²) in [5, 5.41) is 0. The second-order valence-electron chi connectivity index (χ2n) is 4.84. The maximum atomic E-state index is 12.2. The van der Waals surface area contributed by atoms with Crippen LogP contribution in [0.4, 0.5) is 13.2 Å². The van der Waals surface area contributed by atoms with Crippen molar-refractivity contribution in [2.75, 3.05) is 34.4 Å². The number of nitrogens with two attached hydrogens (primary N) is 1. The van der Waals surface area contributed by atoms with E-state index in [9.17, 15) is 13.2 Å². The molecule has 0 heterocycles. The SMILES string of the molecule is COc1ccc(C(N)CN(C)CCC(F)(F)F)c(OC)c1. The molecule has 1 aromatic rings. The summed E-state index contributed by atoms with van der Waals surface area (Å²) in [4.78, 5) is 1.56. The van der Waals surface area contributed by atoms with E-state index in [0.717, 1.165) is 5.56 Å². The number of methoxy groups -OCH3 is 2. The molecule has 0 saturated heterocycles. The smallest absolute Gasteiger partial charge is 0.390 e. The fourth-order valence-corrected chi connectivity index (χ4v) is 1.97. The Kier molecular flexibility index (Phi) is 6.29. The van der Waals surface area contributed by atoms with E-state index >= 15 is 0 Å². The first-order valence-corrected chi connectivity index (χ1v) is 6.49. The molecule has 0 aliphatic carbocycles. The van der Waals surface area contributed by atoms with E-state index in [1.807, 2.05) is 0 Å². The molecule has 1 unspecified atom stereocenters. The number of rotatable bonds is 7. The molecule has 0 aliphatic rings. The molecule has 0 spiro atoms. The highest BCUT2D eigenvalue weighted by Crippen LogP contribution is 2.29. The van der Waals surface area contributed by atoms with Crippen molar-refractivity contribution in [1.29, 1.82) is 0 Å². The molecule has 1 atom stereocenters. The minimum Gasteiger partial charge on any atom is -0.497 e. The fraction of sp³-hybridized carbons (Fsp3) is 0.571. The third-order valence-electron chi connectivity index (χ3n) is 3.13. The average molecular weight is 306 g/mol. The molecule has 0 aromatic heterocycles. The zero-order valence-electron chi connectivity index (χ0n) is 12.4. The van der Waals surface area contributed by atoms with Crippen LogP contribution in [0.1, 0.15) is 18.0 Å². The van der Waals surface area contributed by atoms with Gasteiger partial charge >= 0.3 is 6.18 Å². The van der Waals surface area contributed by atoms with E-state index in [2.05, 4.69) is 0 Å². The molecule has 0 radical (unpaired) electrons. The first kappa shape index (κ1) is 17.6. The maximum Gasteiger partial charge on any atom is 0.390 e. The van der Waals surface area contributed by atoms with Crippen molar-refractivity contribution in [3.8, 4) is 11.5 Å². The quantitative estimate of drug-likeness (QED) is 0.841. The Balaban J connectivity index is 2.68. The van der Waals surface area contributed by atoms with Crippen LogP contribution in [-0.4, -0.2) is 45.4 Å². The summed E-state index contributed by atoms with van der Waals surface area (Å²) >= 11 is 0. The van der Waals surface area contributed by atoms with Gasteiger partial charge in [-0.2, -0.15) is 13.2 Å². The van der Waals surface area contributed by atoms with Gasteiger partial charge in [-0.1, -0.05) is 6.07 Å². The van der Waals surface area contributed by atoms with Crippen molar-refractivity contribution >= 4 is 0 Å². The van der Waals surface area contributed by atoms with Crippen molar-refractivity contribution in [2.24, 2.45) is 5.73 Å². The highest BCUT2D eigenvalue weighted by atomic mass is 19.4. The van der Waals surface area contributed by atoms with Gasteiger partial charge in [-0.05, 0) is 13.1 Å². The summed E-state index contributed by atoms with van der Waals surface area (Å²) in [5.74, 6) is 1.19. The third kappa shape index (κ3) is 5.81. The molecule has 1 aromatic carbocycles. The van der Waals surface area contributed by atoms with Gasteiger partial charge in [0.25, 0.3) is 0 Å². The Morgan fingerprint density at radius 3 is 2.43 bits per heavy atom. The number of hydrogen-bond donors (Lipinski definition) is 1. The first-order chi connectivity index (χ1) is 9.76. The van der Waals surface area contributed by atoms with E-state index in [0.29, 0.717) is 18.0 Å². The molecule has 4 nitrogen and oxygen atoms in total. The lowest BCUT2D eigenvalue weighted by molar-refractivity contribution is -0.137. The predicted molar refractivity (Wildman–Crippen MR) is 74.6 cm³/mol. The second-order valence-corrected chi connectivity index (χ2v) is 4.84. The summed E-state index contributed by atoms with van der Waals surface area (Å²) in [5.41, 5.74) is 6.79. The second kappa shape index (κ2) is 7.51. The van der Waals surface area contributed by atoms with Crippen LogP contribution in [0.15, 0.2) is 18.2 Å². The molecule has 2 N–H and O–H groups in total. The van der Waals surface area contributed by atoms with Crippen LogP contribution in [0.5, 0.6) is 11.5 Å². The van der Waals surface area contributed by atoms with Gasteiger partial charge in [0.15, 0.2) is 0 Å². The van der Waals surface area contributed by atoms with Crippen LogP contribution in [0.25, 0.3) is 0 Å². The van der Waals surface area contributed by atoms with Crippen LogP contribution >= 0.6 is 0 Å². The largest absolute Gasteiger partial charge is 0.497 e. The van der Waals surface area contributed by atoms with Gasteiger partial charge in [0.1, 0.15) is 11.5 Å². The predicted octanol–water partition coefficient (Wildman–Crippen LogP) is 2.59. The van der Waals surface area contributed by atoms with Crippen molar-refractivity contribution in [1.82, 2.24) is 4.90 Å². The molecule has 0 fully saturated rings. The summed E-state index contributed by atoms with van der Waals surface area (Å²) in [7, 11) is 4.67. The number of hydrogen-bond acceptors (Lipinski definition) is 4. The first-order valence-electron chi connectivity index (χ1n) is 6.49. The van der Waals surface area contributed by atoms with Gasteiger partial charge in [0.2, 0.25) is 0 Å². The van der Waals surface area contributed by atoms with Crippen molar-refractivity contribution in [3.63, 3.8) is 0 Å². The van der Waals surface area contributed by atoms with E-state index in [-0.39, 0.29) is 6.54 Å². The molecule has 0 bridgehead atoms. The standard InChI is InChI=1S/C14H21F3N2O2/c1-19(7-6-14(15,16)17)9-12(18)11-5-4-10(20-2)8-13(11)21-3/h4-5,8,12H,6-7,9,18H2,1-3H3. The summed E-state index contributed by atoms with van der Waals surface area (Å²) in [6.07, 6.45) is -5.01. The number of likely N-dealkylation sites (N-methyl/N-ethyl adjacent to an activating group) is 1. The maximum absolute atomic E-state index is 12.2. The summed E-state index contributed by atoms with van der Waals surface area (Å²) < 4.78 is 46.9. The van der Waals surface area contributed by atoms with Crippen LogP contribution < -0.4 is 15.2 Å². The number of benzene rings is 1. The molecule has 0 saturated carbocycles. The summed E-state index contributed by atoms with van der Waals surface area (Å²) in [6, 6.07) is 4.77. The molecular formula is C14H21F3N2O2. The molecule has 0 aliphatic heterocycles. The topological polar surface area (TPSA) is 47.7 Å². The monoisotopic (exact) mass is 306 g/mol. The van der Waals surface area contributed by atoms with Gasteiger partial charge in [-0.3, -0.25) is 0 Å².